The van der Waals surface area contributed by atoms with Crippen LogP contribution in [0.5, 0.6) is 0 Å². The molecule has 0 N–H and O–H groups in total. The molecule has 0 heterocycles. The molecule has 0 saturated carbocycles. The topological polar surface area (TPSA) is 0 Å². The van der Waals surface area contributed by atoms with E-state index in [0.717, 1.165) is 0 Å². The summed E-state index contributed by atoms with van der Waals surface area (Å²) < 4.78 is 0. The first-order chi connectivity index (χ1) is 13.9. The fourth-order valence-corrected chi connectivity index (χ4v) is 4.01. The number of allylic oxidation sites excluding steroid dienone is 4. The van der Waals surface area contributed by atoms with E-state index in [1.165, 1.54) is 44.5 Å². The summed E-state index contributed by atoms with van der Waals surface area (Å²) in [6, 6.07) is 43.0. The summed E-state index contributed by atoms with van der Waals surface area (Å²) in [4.78, 5) is 0. The second-order valence-electron chi connectivity index (χ2n) is 6.96. The molecule has 0 amide bonds. The Morgan fingerprint density at radius 1 is 0.241 bits per heavy atom. The van der Waals surface area contributed by atoms with E-state index < -0.39 is 0 Å². The molecule has 0 bridgehead atoms. The molecule has 0 unspecified atom stereocenters. The SMILES string of the molecule is [Co].c1ccc(C2=C(c3ccccc3)C(c3ccccc3)=C2c2ccccc2)cc1. The van der Waals surface area contributed by atoms with E-state index in [1.54, 1.807) is 0 Å². The second-order valence-corrected chi connectivity index (χ2v) is 6.96. The largest absolute Gasteiger partial charge is 0.0622 e. The van der Waals surface area contributed by atoms with Crippen molar-refractivity contribution in [3.05, 3.63) is 144 Å². The van der Waals surface area contributed by atoms with Gasteiger partial charge in [-0.1, -0.05) is 121 Å². The van der Waals surface area contributed by atoms with Gasteiger partial charge >= 0.3 is 0 Å². The van der Waals surface area contributed by atoms with E-state index >= 15 is 0 Å². The summed E-state index contributed by atoms with van der Waals surface area (Å²) in [6.07, 6.45) is 0. The standard InChI is InChI=1S/C28H20.Co/c1-5-13-21(14-6-1)25-26(22-15-7-2-8-16-22)28(24-19-11-4-12-20-24)27(25)23-17-9-3-10-18-23;/h1-20H;. The minimum Gasteiger partial charge on any atom is -0.0622 e. The van der Waals surface area contributed by atoms with Crippen molar-refractivity contribution >= 4 is 22.3 Å². The zero-order chi connectivity index (χ0) is 18.8. The fraction of sp³-hybridized carbons (Fsp3) is 0. The maximum absolute atomic E-state index is 2.21. The Morgan fingerprint density at radius 2 is 0.414 bits per heavy atom. The van der Waals surface area contributed by atoms with Crippen molar-refractivity contribution in [2.75, 3.05) is 0 Å². The molecule has 1 aliphatic carbocycles. The third kappa shape index (κ3) is 3.51. The van der Waals surface area contributed by atoms with Gasteiger partial charge in [0.05, 0.1) is 0 Å². The van der Waals surface area contributed by atoms with E-state index in [4.69, 9.17) is 0 Å². The molecule has 5 rings (SSSR count). The predicted octanol–water partition coefficient (Wildman–Crippen LogP) is 7.22. The van der Waals surface area contributed by atoms with E-state index in [2.05, 4.69) is 121 Å². The first-order valence-electron chi connectivity index (χ1n) is 9.64. The van der Waals surface area contributed by atoms with E-state index in [1.807, 2.05) is 0 Å². The Bertz CT molecular complexity index is 953. The van der Waals surface area contributed by atoms with Crippen LogP contribution >= 0.6 is 0 Å². The van der Waals surface area contributed by atoms with Gasteiger partial charge in [-0.05, 0) is 44.5 Å². The summed E-state index contributed by atoms with van der Waals surface area (Å²) in [5.41, 5.74) is 10.4. The maximum atomic E-state index is 2.21. The number of benzene rings is 4. The number of rotatable bonds is 4. The van der Waals surface area contributed by atoms with Gasteiger partial charge in [0, 0.05) is 16.8 Å². The van der Waals surface area contributed by atoms with Crippen molar-refractivity contribution in [1.29, 1.82) is 0 Å². The van der Waals surface area contributed by atoms with Crippen LogP contribution in [0.2, 0.25) is 0 Å². The van der Waals surface area contributed by atoms with E-state index in [9.17, 15) is 0 Å². The quantitative estimate of drug-likeness (QED) is 0.330. The van der Waals surface area contributed by atoms with Crippen molar-refractivity contribution in [3.8, 4) is 0 Å². The van der Waals surface area contributed by atoms with Crippen LogP contribution in [0, 0.1) is 0 Å². The molecular formula is C28H20Co. The zero-order valence-electron chi connectivity index (χ0n) is 15.9. The monoisotopic (exact) mass is 415 g/mol. The molecule has 0 aliphatic heterocycles. The Morgan fingerprint density at radius 3 is 0.586 bits per heavy atom. The third-order valence-electron chi connectivity index (χ3n) is 5.25. The molecule has 29 heavy (non-hydrogen) atoms. The van der Waals surface area contributed by atoms with Crippen molar-refractivity contribution in [1.82, 2.24) is 0 Å². The van der Waals surface area contributed by atoms with Crippen LogP contribution in [0.3, 0.4) is 0 Å². The Hall–Kier alpha value is -3.13. The van der Waals surface area contributed by atoms with Crippen molar-refractivity contribution in [2.45, 2.75) is 0 Å². The normalized spacial score (nSPS) is 13.0. The van der Waals surface area contributed by atoms with Crippen LogP contribution in [-0.2, 0) is 16.8 Å². The van der Waals surface area contributed by atoms with Crippen LogP contribution in [0.15, 0.2) is 121 Å². The van der Waals surface area contributed by atoms with E-state index in [0.29, 0.717) is 0 Å². The summed E-state index contributed by atoms with van der Waals surface area (Å²) in [6.45, 7) is 0. The van der Waals surface area contributed by atoms with Crippen LogP contribution < -0.4 is 0 Å². The smallest absolute Gasteiger partial charge is 0 e. The van der Waals surface area contributed by atoms with Crippen molar-refractivity contribution in [2.24, 2.45) is 0 Å². The van der Waals surface area contributed by atoms with Gasteiger partial charge in [-0.2, -0.15) is 0 Å². The first-order valence-corrected chi connectivity index (χ1v) is 9.64. The van der Waals surface area contributed by atoms with Crippen LogP contribution in [0.1, 0.15) is 22.3 Å². The van der Waals surface area contributed by atoms with Crippen molar-refractivity contribution < 1.29 is 16.8 Å². The summed E-state index contributed by atoms with van der Waals surface area (Å²) in [5.74, 6) is 0. The average molecular weight is 415 g/mol. The summed E-state index contributed by atoms with van der Waals surface area (Å²) >= 11 is 0. The summed E-state index contributed by atoms with van der Waals surface area (Å²) in [5, 5.41) is 0. The number of hydrogen-bond donors (Lipinski definition) is 0. The zero-order valence-corrected chi connectivity index (χ0v) is 16.9. The van der Waals surface area contributed by atoms with E-state index in [-0.39, 0.29) is 16.8 Å². The van der Waals surface area contributed by atoms with Crippen molar-refractivity contribution in [3.63, 3.8) is 0 Å². The fourth-order valence-electron chi connectivity index (χ4n) is 4.01. The molecule has 0 fully saturated rings. The van der Waals surface area contributed by atoms with Crippen LogP contribution in [0.25, 0.3) is 22.3 Å². The Balaban J connectivity index is 0.00000205. The van der Waals surface area contributed by atoms with Gasteiger partial charge < -0.3 is 0 Å². The molecule has 0 spiro atoms. The number of hydrogen-bond acceptors (Lipinski definition) is 0. The Kier molecular flexibility index (Phi) is 5.61. The van der Waals surface area contributed by atoms with Crippen LogP contribution in [-0.4, -0.2) is 0 Å². The molecule has 1 aliphatic rings. The van der Waals surface area contributed by atoms with Gasteiger partial charge in [0.15, 0.2) is 0 Å². The van der Waals surface area contributed by atoms with Gasteiger partial charge in [0.1, 0.15) is 0 Å². The van der Waals surface area contributed by atoms with Crippen LogP contribution in [0.4, 0.5) is 0 Å². The predicted molar refractivity (Wildman–Crippen MR) is 119 cm³/mol. The molecule has 141 valence electrons. The Labute approximate surface area is 182 Å². The molecular weight excluding hydrogens is 395 g/mol. The molecule has 0 nitrogen and oxygen atoms in total. The molecule has 4 aromatic carbocycles. The van der Waals surface area contributed by atoms with Gasteiger partial charge in [-0.25, -0.2) is 0 Å². The molecule has 0 atom stereocenters. The summed E-state index contributed by atoms with van der Waals surface area (Å²) in [7, 11) is 0. The third-order valence-corrected chi connectivity index (χ3v) is 5.25. The molecule has 1 radical (unpaired) electrons. The van der Waals surface area contributed by atoms with Gasteiger partial charge in [0.25, 0.3) is 0 Å². The minimum atomic E-state index is 0. The maximum Gasteiger partial charge on any atom is 0 e. The first kappa shape index (κ1) is 19.2. The molecule has 0 aromatic heterocycles. The molecule has 4 aromatic rings. The minimum absolute atomic E-state index is 0. The molecule has 0 saturated heterocycles. The average Bonchev–Trinajstić information content (AvgIpc) is 2.76. The van der Waals surface area contributed by atoms with Gasteiger partial charge in [0.2, 0.25) is 0 Å². The van der Waals surface area contributed by atoms with Gasteiger partial charge in [-0.15, -0.1) is 0 Å². The van der Waals surface area contributed by atoms with Gasteiger partial charge in [-0.3, -0.25) is 0 Å². The molecule has 1 heteroatoms. The second kappa shape index (κ2) is 8.48.